The number of hydrogen-bond donors (Lipinski definition) is 4. The zero-order valence-corrected chi connectivity index (χ0v) is 37.2. The average Bonchev–Trinajstić information content (AvgIpc) is 3.61. The van der Waals surface area contributed by atoms with Crippen molar-refractivity contribution in [2.75, 3.05) is 74.5 Å². The number of imide groups is 1. The van der Waals surface area contributed by atoms with Crippen LogP contribution in [0.2, 0.25) is 5.02 Å². The van der Waals surface area contributed by atoms with Crippen LogP contribution in [-0.4, -0.2) is 132 Å². The molecule has 6 heterocycles. The number of carbonyl (C=O) groups excluding carboxylic acids is 4. The molecule has 65 heavy (non-hydrogen) atoms. The van der Waals surface area contributed by atoms with Crippen molar-refractivity contribution in [3.8, 4) is 0 Å². The van der Waals surface area contributed by atoms with Crippen LogP contribution in [-0.2, 0) is 17.6 Å². The van der Waals surface area contributed by atoms with Gasteiger partial charge < -0.3 is 25.8 Å². The second-order valence-corrected chi connectivity index (χ2v) is 18.3. The lowest BCUT2D eigenvalue weighted by Gasteiger charge is -2.44. The van der Waals surface area contributed by atoms with Crippen LogP contribution in [0.3, 0.4) is 0 Å². The second kappa shape index (κ2) is 18.8. The van der Waals surface area contributed by atoms with E-state index in [1.165, 1.54) is 66.1 Å². The second-order valence-electron chi connectivity index (χ2n) is 17.9. The van der Waals surface area contributed by atoms with Crippen LogP contribution in [0.15, 0.2) is 48.7 Å². The Morgan fingerprint density at radius 1 is 0.938 bits per heavy atom. The Kier molecular flexibility index (Phi) is 12.9. The number of fused-ring (bicyclic) bond motifs is 2. The van der Waals surface area contributed by atoms with E-state index < -0.39 is 30.2 Å². The zero-order chi connectivity index (χ0) is 45.4. The number of rotatable bonds is 9. The van der Waals surface area contributed by atoms with Gasteiger partial charge in [0, 0.05) is 76.5 Å². The lowest BCUT2D eigenvalue weighted by atomic mass is 9.83. The predicted octanol–water partition coefficient (Wildman–Crippen LogP) is 5.97. The van der Waals surface area contributed by atoms with E-state index in [0.717, 1.165) is 36.8 Å². The highest BCUT2D eigenvalue weighted by Crippen LogP contribution is 2.39. The molecule has 4 N–H and O–H groups in total. The molecule has 3 atom stereocenters. The van der Waals surface area contributed by atoms with Crippen molar-refractivity contribution in [1.29, 1.82) is 0 Å². The summed E-state index contributed by atoms with van der Waals surface area (Å²) in [5.74, 6) is -2.17. The number of hydrogen-bond acceptors (Lipinski definition) is 10. The summed E-state index contributed by atoms with van der Waals surface area (Å²) in [6, 6.07) is 11.5. The van der Waals surface area contributed by atoms with Crippen LogP contribution in [0.25, 0.3) is 5.65 Å². The molecule has 346 valence electrons. The lowest BCUT2D eigenvalue weighted by molar-refractivity contribution is -0.120. The maximum atomic E-state index is 14.2. The highest BCUT2D eigenvalue weighted by molar-refractivity contribution is 6.34. The van der Waals surface area contributed by atoms with Crippen molar-refractivity contribution in [3.05, 3.63) is 76.1 Å². The third-order valence-corrected chi connectivity index (χ3v) is 14.0. The normalized spacial score (nSPS) is 23.4. The Balaban J connectivity index is 0.000000165. The van der Waals surface area contributed by atoms with Gasteiger partial charge in [-0.15, -0.1) is 5.10 Å². The van der Waals surface area contributed by atoms with Gasteiger partial charge in [-0.2, -0.15) is 0 Å². The van der Waals surface area contributed by atoms with E-state index in [2.05, 4.69) is 49.4 Å². The minimum Gasteiger partial charge on any atom is -0.385 e. The molecule has 5 amide bonds. The van der Waals surface area contributed by atoms with Crippen molar-refractivity contribution in [3.63, 3.8) is 0 Å². The number of imidazole rings is 1. The van der Waals surface area contributed by atoms with Gasteiger partial charge in [0.2, 0.25) is 5.91 Å². The summed E-state index contributed by atoms with van der Waals surface area (Å²) in [5, 5.41) is 16.0. The van der Waals surface area contributed by atoms with Crippen molar-refractivity contribution in [2.45, 2.75) is 88.4 Å². The largest absolute Gasteiger partial charge is 0.385 e. The van der Waals surface area contributed by atoms with Gasteiger partial charge in [0.15, 0.2) is 17.2 Å². The maximum Gasteiger partial charge on any atom is 0.328 e. The van der Waals surface area contributed by atoms with Gasteiger partial charge in [0.25, 0.3) is 17.7 Å². The predicted molar refractivity (Wildman–Crippen MR) is 241 cm³/mol. The lowest BCUT2D eigenvalue weighted by Crippen LogP contribution is -2.61. The molecule has 5 fully saturated rings. The number of nitrogens with zero attached hydrogens (tertiary/aromatic N) is 7. The summed E-state index contributed by atoms with van der Waals surface area (Å²) in [7, 11) is 1.84. The Morgan fingerprint density at radius 3 is 2.43 bits per heavy atom. The number of amides is 5. The first kappa shape index (κ1) is 44.7. The summed E-state index contributed by atoms with van der Waals surface area (Å²) < 4.78 is 43.4. The molecule has 0 spiro atoms. The molecule has 2 aliphatic carbocycles. The summed E-state index contributed by atoms with van der Waals surface area (Å²) in [5.41, 5.74) is 6.49. The molecule has 10 rings (SSSR count). The standard InChI is InChI=1S/C26H31FN6O.C20H24ClF2N5O3/c1-28-21-14-24(31-33-23(15-29-25(21)33)26(34)30-20-13-19(20)27)32-11-10-18-17(8-5-9-22(18)32)12-16-6-3-2-4-7-16;21-14-2-1-13(11-15(14)28-6-4-17(29)25-19(28)31)18(30)27-9-7-26(8-10-27)16-3-5-24-12-20(16,22)23/h5,8-9,14-16,19-20,28H,2-4,6-7,10-13H2,1H3,(H,30,34);1-2,11,16,24H,3-10,12H2,(H,25,29,31). The zero-order valence-electron chi connectivity index (χ0n) is 36.4. The van der Waals surface area contributed by atoms with E-state index >= 15 is 0 Å². The third-order valence-electron chi connectivity index (χ3n) is 13.6. The molecule has 6 aliphatic rings. The van der Waals surface area contributed by atoms with Crippen LogP contribution in [0.1, 0.15) is 83.3 Å². The smallest absolute Gasteiger partial charge is 0.328 e. The van der Waals surface area contributed by atoms with Crippen molar-refractivity contribution >= 4 is 63.9 Å². The summed E-state index contributed by atoms with van der Waals surface area (Å²) in [6.45, 7) is 2.70. The minimum absolute atomic E-state index is 0.142. The molecule has 0 bridgehead atoms. The van der Waals surface area contributed by atoms with E-state index in [0.29, 0.717) is 73.2 Å². The van der Waals surface area contributed by atoms with Crippen LogP contribution >= 0.6 is 11.6 Å². The number of benzene rings is 2. The molecule has 4 aromatic rings. The van der Waals surface area contributed by atoms with Gasteiger partial charge in [-0.05, 0) is 67.1 Å². The monoisotopic (exact) mass is 917 g/mol. The average molecular weight is 918 g/mol. The van der Waals surface area contributed by atoms with Crippen LogP contribution < -0.4 is 31.1 Å². The van der Waals surface area contributed by atoms with Gasteiger partial charge >= 0.3 is 6.03 Å². The fraction of sp³-hybridized carbons (Fsp3) is 0.522. The number of aromatic nitrogens is 3. The minimum atomic E-state index is -2.79. The van der Waals surface area contributed by atoms with E-state index in [1.807, 2.05) is 13.1 Å². The summed E-state index contributed by atoms with van der Waals surface area (Å²) >= 11 is 6.24. The number of alkyl halides is 3. The molecule has 4 aliphatic heterocycles. The number of anilines is 4. The number of piperidine rings is 1. The van der Waals surface area contributed by atoms with Gasteiger partial charge in [0.1, 0.15) is 6.17 Å². The SMILES string of the molecule is CNc1cc(N2CCc3c(CC4CCCCC4)cccc32)nn2c(C(=O)NC3CC3F)cnc12.O=C1CCN(c2cc(C(=O)N3CCN(C4CCNCC4(F)F)CC3)ccc2Cl)C(=O)N1. The van der Waals surface area contributed by atoms with E-state index in [4.69, 9.17) is 16.7 Å². The third kappa shape index (κ3) is 9.47. The Morgan fingerprint density at radius 2 is 1.71 bits per heavy atom. The number of nitrogens with one attached hydrogen (secondary N) is 4. The molecule has 0 radical (unpaired) electrons. The first-order valence-corrected chi connectivity index (χ1v) is 23.2. The van der Waals surface area contributed by atoms with Gasteiger partial charge in [-0.1, -0.05) is 55.8 Å². The number of carbonyl (C=O) groups is 4. The molecule has 2 saturated carbocycles. The van der Waals surface area contributed by atoms with Crippen LogP contribution in [0, 0.1) is 5.92 Å². The topological polar surface area (TPSA) is 160 Å². The van der Waals surface area contributed by atoms with Gasteiger partial charge in [-0.3, -0.25) is 29.5 Å². The van der Waals surface area contributed by atoms with Gasteiger partial charge in [0.05, 0.1) is 41.2 Å². The molecule has 2 aromatic heterocycles. The Hall–Kier alpha value is -5.46. The highest BCUT2D eigenvalue weighted by Gasteiger charge is 2.46. The highest BCUT2D eigenvalue weighted by atomic mass is 35.5. The number of halogens is 4. The van der Waals surface area contributed by atoms with E-state index in [1.54, 1.807) is 26.4 Å². The van der Waals surface area contributed by atoms with Crippen molar-refractivity contribution in [2.24, 2.45) is 5.92 Å². The number of piperazine rings is 1. The van der Waals surface area contributed by atoms with Crippen molar-refractivity contribution in [1.82, 2.24) is 40.3 Å². The molecular formula is C46H55ClF3N11O4. The van der Waals surface area contributed by atoms with Crippen LogP contribution in [0.4, 0.5) is 40.8 Å². The fourth-order valence-corrected chi connectivity index (χ4v) is 10.2. The number of urea groups is 1. The Bertz CT molecular complexity index is 2460. The molecule has 15 nitrogen and oxygen atoms in total. The fourth-order valence-electron chi connectivity index (χ4n) is 9.96. The first-order valence-electron chi connectivity index (χ1n) is 22.8. The quantitative estimate of drug-likeness (QED) is 0.158. The van der Waals surface area contributed by atoms with Gasteiger partial charge in [-0.25, -0.2) is 27.5 Å². The summed E-state index contributed by atoms with van der Waals surface area (Å²) in [6.07, 6.45) is 10.4. The van der Waals surface area contributed by atoms with E-state index in [-0.39, 0.29) is 37.2 Å². The summed E-state index contributed by atoms with van der Waals surface area (Å²) in [4.78, 5) is 60.7. The molecule has 2 aromatic carbocycles. The maximum absolute atomic E-state index is 14.2. The molecule has 3 saturated heterocycles. The van der Waals surface area contributed by atoms with E-state index in [9.17, 15) is 32.3 Å². The molecule has 3 unspecified atom stereocenters. The van der Waals surface area contributed by atoms with Crippen molar-refractivity contribution < 1.29 is 32.3 Å². The molecular weight excluding hydrogens is 863 g/mol. The first-order chi connectivity index (χ1) is 31.4. The Labute approximate surface area is 380 Å². The molecule has 19 heteroatoms. The van der Waals surface area contributed by atoms with Crippen LogP contribution in [0.5, 0.6) is 0 Å².